The van der Waals surface area contributed by atoms with Crippen LogP contribution in [0.1, 0.15) is 26.7 Å². The highest BCUT2D eigenvalue weighted by Crippen LogP contribution is 2.66. The van der Waals surface area contributed by atoms with Gasteiger partial charge in [-0.3, -0.25) is 4.79 Å². The molecule has 0 N–H and O–H groups in total. The summed E-state index contributed by atoms with van der Waals surface area (Å²) in [6.45, 7) is 4.09. The van der Waals surface area contributed by atoms with E-state index in [-0.39, 0.29) is 35.8 Å². The van der Waals surface area contributed by atoms with Crippen LogP contribution in [0.25, 0.3) is 0 Å². The second kappa shape index (κ2) is 2.91. The van der Waals surface area contributed by atoms with Crippen LogP contribution in [0.15, 0.2) is 12.2 Å². The van der Waals surface area contributed by atoms with Crippen molar-refractivity contribution in [3.63, 3.8) is 0 Å². The van der Waals surface area contributed by atoms with Gasteiger partial charge in [0.1, 0.15) is 5.60 Å². The number of fused-ring (bicyclic) bond motifs is 10. The van der Waals surface area contributed by atoms with Crippen LogP contribution >= 0.6 is 0 Å². The molecule has 0 aromatic heterocycles. The topological polar surface area (TPSA) is 44.8 Å². The summed E-state index contributed by atoms with van der Waals surface area (Å²) in [6, 6.07) is 0. The number of carbonyl (C=O) groups is 1. The van der Waals surface area contributed by atoms with Gasteiger partial charge in [0, 0.05) is 17.3 Å². The van der Waals surface area contributed by atoms with E-state index in [0.717, 1.165) is 6.42 Å². The lowest BCUT2D eigenvalue weighted by Crippen LogP contribution is -2.53. The minimum absolute atomic E-state index is 0.0719. The highest BCUT2D eigenvalue weighted by molar-refractivity contribution is 5.74. The summed E-state index contributed by atoms with van der Waals surface area (Å²) < 4.78 is 17.9. The van der Waals surface area contributed by atoms with E-state index in [0.29, 0.717) is 18.3 Å². The van der Waals surface area contributed by atoms with Crippen LogP contribution in [-0.2, 0) is 19.0 Å². The molecule has 0 aromatic carbocycles. The Morgan fingerprint density at radius 1 is 1.16 bits per heavy atom. The Morgan fingerprint density at radius 3 is 2.58 bits per heavy atom. The average Bonchev–Trinajstić information content (AvgIpc) is 3.06. The average molecular weight is 262 g/mol. The van der Waals surface area contributed by atoms with Gasteiger partial charge in [0.15, 0.2) is 0 Å². The maximum Gasteiger partial charge on any atom is 0.307 e. The first-order valence-electron chi connectivity index (χ1n) is 7.23. The Kier molecular flexibility index (Phi) is 1.66. The fourth-order valence-corrected chi connectivity index (χ4v) is 5.38. The molecule has 0 aliphatic carbocycles. The standard InChI is InChI=1S/C15H18O4/c1-14(2)15(6-10(16)19-14)5-9-11-7-3-4-8(17-7)12(11)13(15)18-9/h3-4,7-9,11-13H,5-6H2,1-2H3. The van der Waals surface area contributed by atoms with Crippen LogP contribution in [0.5, 0.6) is 0 Å². The Balaban J connectivity index is 1.60. The molecule has 19 heavy (non-hydrogen) atoms. The van der Waals surface area contributed by atoms with E-state index in [1.807, 2.05) is 13.8 Å². The highest BCUT2D eigenvalue weighted by atomic mass is 16.6. The van der Waals surface area contributed by atoms with Crippen molar-refractivity contribution in [1.29, 1.82) is 0 Å². The van der Waals surface area contributed by atoms with Crippen LogP contribution in [0.3, 0.4) is 0 Å². The Labute approximate surface area is 112 Å². The van der Waals surface area contributed by atoms with E-state index in [1.54, 1.807) is 0 Å². The van der Waals surface area contributed by atoms with Gasteiger partial charge in [-0.15, -0.1) is 0 Å². The van der Waals surface area contributed by atoms with Crippen molar-refractivity contribution in [1.82, 2.24) is 0 Å². The minimum Gasteiger partial charge on any atom is -0.459 e. The SMILES string of the molecule is CC1(C)OC(=O)CC12CC1OC2C2C3C=CC(O3)C12. The molecule has 0 aromatic rings. The molecule has 4 bridgehead atoms. The Hall–Kier alpha value is -0.870. The first kappa shape index (κ1) is 10.9. The first-order valence-corrected chi connectivity index (χ1v) is 7.23. The summed E-state index contributed by atoms with van der Waals surface area (Å²) in [7, 11) is 0. The summed E-state index contributed by atoms with van der Waals surface area (Å²) >= 11 is 0. The molecule has 102 valence electrons. The second-order valence-electron chi connectivity index (χ2n) is 7.22. The minimum atomic E-state index is -0.417. The van der Waals surface area contributed by atoms with Gasteiger partial charge in [-0.05, 0) is 20.3 Å². The molecule has 7 atom stereocenters. The largest absolute Gasteiger partial charge is 0.459 e. The van der Waals surface area contributed by atoms with Crippen molar-refractivity contribution in [3.05, 3.63) is 12.2 Å². The molecule has 4 saturated heterocycles. The number of cyclic esters (lactones) is 1. The lowest BCUT2D eigenvalue weighted by molar-refractivity contribution is -0.149. The van der Waals surface area contributed by atoms with Gasteiger partial charge in [0.2, 0.25) is 0 Å². The van der Waals surface area contributed by atoms with Gasteiger partial charge >= 0.3 is 5.97 Å². The molecule has 0 radical (unpaired) electrons. The summed E-state index contributed by atoms with van der Waals surface area (Å²) in [5, 5.41) is 0. The van der Waals surface area contributed by atoms with E-state index in [4.69, 9.17) is 14.2 Å². The monoisotopic (exact) mass is 262 g/mol. The number of ether oxygens (including phenoxy) is 3. The van der Waals surface area contributed by atoms with E-state index in [1.165, 1.54) is 0 Å². The van der Waals surface area contributed by atoms with Gasteiger partial charge in [-0.2, -0.15) is 0 Å². The van der Waals surface area contributed by atoms with E-state index < -0.39 is 5.60 Å². The zero-order chi connectivity index (χ0) is 13.0. The summed E-state index contributed by atoms with van der Waals surface area (Å²) in [4.78, 5) is 11.8. The van der Waals surface area contributed by atoms with Crippen LogP contribution in [0.4, 0.5) is 0 Å². The molecule has 0 saturated carbocycles. The Morgan fingerprint density at radius 2 is 1.89 bits per heavy atom. The third-order valence-electron chi connectivity index (χ3n) is 6.25. The summed E-state index contributed by atoms with van der Waals surface area (Å²) in [6.07, 6.45) is 6.59. The summed E-state index contributed by atoms with van der Waals surface area (Å²) in [5.41, 5.74) is -0.558. The maximum atomic E-state index is 11.8. The molecular weight excluding hydrogens is 244 g/mol. The van der Waals surface area contributed by atoms with Gasteiger partial charge in [-0.25, -0.2) is 0 Å². The number of hydrogen-bond donors (Lipinski definition) is 0. The maximum absolute atomic E-state index is 11.8. The Bertz CT molecular complexity index is 510. The zero-order valence-corrected chi connectivity index (χ0v) is 11.2. The molecule has 7 unspecified atom stereocenters. The molecule has 5 aliphatic rings. The van der Waals surface area contributed by atoms with E-state index >= 15 is 0 Å². The first-order chi connectivity index (χ1) is 9.02. The number of hydrogen-bond acceptors (Lipinski definition) is 4. The normalized spacial score (nSPS) is 59.2. The second-order valence-corrected chi connectivity index (χ2v) is 7.22. The fourth-order valence-electron chi connectivity index (χ4n) is 5.38. The van der Waals surface area contributed by atoms with Gasteiger partial charge in [0.05, 0.1) is 30.8 Å². The van der Waals surface area contributed by atoms with Crippen LogP contribution < -0.4 is 0 Å². The molecule has 1 spiro atoms. The van der Waals surface area contributed by atoms with Crippen molar-refractivity contribution in [2.24, 2.45) is 17.3 Å². The highest BCUT2D eigenvalue weighted by Gasteiger charge is 2.74. The smallest absolute Gasteiger partial charge is 0.307 e. The van der Waals surface area contributed by atoms with Crippen LogP contribution in [0, 0.1) is 17.3 Å². The molecule has 0 amide bonds. The number of rotatable bonds is 0. The number of esters is 1. The third kappa shape index (κ3) is 1.02. The molecule has 4 nitrogen and oxygen atoms in total. The third-order valence-corrected chi connectivity index (χ3v) is 6.25. The quantitative estimate of drug-likeness (QED) is 0.489. The molecule has 4 heteroatoms. The zero-order valence-electron chi connectivity index (χ0n) is 11.2. The van der Waals surface area contributed by atoms with E-state index in [2.05, 4.69) is 12.2 Å². The fraction of sp³-hybridized carbons (Fsp3) is 0.800. The van der Waals surface area contributed by atoms with Gasteiger partial charge in [-0.1, -0.05) is 12.2 Å². The van der Waals surface area contributed by atoms with Crippen molar-refractivity contribution in [2.75, 3.05) is 0 Å². The van der Waals surface area contributed by atoms with Crippen LogP contribution in [0.2, 0.25) is 0 Å². The predicted octanol–water partition coefficient (Wildman–Crippen LogP) is 1.44. The van der Waals surface area contributed by atoms with Crippen molar-refractivity contribution < 1.29 is 19.0 Å². The molecule has 5 rings (SSSR count). The predicted molar refractivity (Wildman–Crippen MR) is 65.3 cm³/mol. The van der Waals surface area contributed by atoms with Crippen molar-refractivity contribution in [3.8, 4) is 0 Å². The van der Waals surface area contributed by atoms with Gasteiger partial charge in [0.25, 0.3) is 0 Å². The molecule has 5 heterocycles. The van der Waals surface area contributed by atoms with Crippen molar-refractivity contribution in [2.45, 2.75) is 56.7 Å². The summed E-state index contributed by atoms with van der Waals surface area (Å²) in [5.74, 6) is 0.844. The van der Waals surface area contributed by atoms with Crippen LogP contribution in [-0.4, -0.2) is 36.0 Å². The van der Waals surface area contributed by atoms with Gasteiger partial charge < -0.3 is 14.2 Å². The number of carbonyl (C=O) groups excluding carboxylic acids is 1. The molecule has 4 fully saturated rings. The molecular formula is C15H18O4. The molecule has 5 aliphatic heterocycles. The lowest BCUT2D eigenvalue weighted by Gasteiger charge is -2.44. The van der Waals surface area contributed by atoms with Crippen molar-refractivity contribution >= 4 is 5.97 Å². The van der Waals surface area contributed by atoms with E-state index in [9.17, 15) is 4.79 Å². The lowest BCUT2D eigenvalue weighted by atomic mass is 9.56.